The summed E-state index contributed by atoms with van der Waals surface area (Å²) in [5.74, 6) is -0.951. The number of imide groups is 1. The number of thioether (sulfide) groups is 1. The number of likely N-dealkylation sites (tertiary alicyclic amines) is 1. The van der Waals surface area contributed by atoms with Crippen LogP contribution in [0.1, 0.15) is 43.5 Å². The second kappa shape index (κ2) is 8.33. The van der Waals surface area contributed by atoms with Crippen LogP contribution in [-0.2, 0) is 9.59 Å². The molecule has 6 nitrogen and oxygen atoms in total. The molecule has 1 aromatic carbocycles. The number of benzene rings is 1. The van der Waals surface area contributed by atoms with Crippen molar-refractivity contribution in [3.63, 3.8) is 0 Å². The van der Waals surface area contributed by atoms with E-state index in [1.807, 2.05) is 0 Å². The van der Waals surface area contributed by atoms with Crippen molar-refractivity contribution in [2.45, 2.75) is 44.4 Å². The first kappa shape index (κ1) is 20.6. The predicted octanol–water partition coefficient (Wildman–Crippen LogP) is 3.76. The maximum Gasteiger partial charge on any atom is 0.521 e. The smallest absolute Gasteiger partial charge is 0.435 e. The molecule has 0 aliphatic carbocycles. The zero-order valence-electron chi connectivity index (χ0n) is 14.6. The molecule has 2 amide bonds. The number of rotatable bonds is 5. The Kier molecular flexibility index (Phi) is 6.60. The first-order valence-electron chi connectivity index (χ1n) is 8.30. The SMILES string of the molecule is CC(=O)SC(CC(=O)[N+]1(C(=O)O)CCC[C@H]1C)C(=O)c1cccc(Cl)c1. The molecule has 0 spiro atoms. The number of Topliss-reactive ketones (excluding diaryl/α,β-unsaturated/α-hetero) is 1. The minimum Gasteiger partial charge on any atom is -0.435 e. The lowest BCUT2D eigenvalue weighted by atomic mass is 10.0. The van der Waals surface area contributed by atoms with E-state index in [0.29, 0.717) is 23.4 Å². The van der Waals surface area contributed by atoms with Gasteiger partial charge in [-0.2, -0.15) is 9.28 Å². The number of amides is 2. The first-order chi connectivity index (χ1) is 12.2. The molecular weight excluding hydrogens is 378 g/mol. The van der Waals surface area contributed by atoms with Crippen molar-refractivity contribution in [1.29, 1.82) is 0 Å². The highest BCUT2D eigenvalue weighted by atomic mass is 35.5. The van der Waals surface area contributed by atoms with Gasteiger partial charge in [-0.15, -0.1) is 0 Å². The molecule has 0 saturated carbocycles. The number of nitrogens with zero attached hydrogens (tertiary/aromatic N) is 1. The van der Waals surface area contributed by atoms with E-state index in [-0.39, 0.29) is 24.1 Å². The van der Waals surface area contributed by atoms with E-state index in [4.69, 9.17) is 11.6 Å². The van der Waals surface area contributed by atoms with Crippen LogP contribution in [0.15, 0.2) is 24.3 Å². The summed E-state index contributed by atoms with van der Waals surface area (Å²) in [6.45, 7) is 3.25. The number of carboxylic acid groups (broad SMARTS) is 1. The van der Waals surface area contributed by atoms with Gasteiger partial charge in [-0.05, 0) is 19.1 Å². The van der Waals surface area contributed by atoms with Crippen molar-refractivity contribution in [3.8, 4) is 0 Å². The summed E-state index contributed by atoms with van der Waals surface area (Å²) in [7, 11) is 0. The highest BCUT2D eigenvalue weighted by molar-refractivity contribution is 8.14. The summed E-state index contributed by atoms with van der Waals surface area (Å²) in [6.07, 6.45) is -0.259. The third-order valence-corrected chi connectivity index (χ3v) is 5.97. The van der Waals surface area contributed by atoms with Gasteiger partial charge in [-0.1, -0.05) is 35.5 Å². The summed E-state index contributed by atoms with van der Waals surface area (Å²) in [4.78, 5) is 49.1. The van der Waals surface area contributed by atoms with Crippen molar-refractivity contribution in [1.82, 2.24) is 0 Å². The molecule has 1 fully saturated rings. The summed E-state index contributed by atoms with van der Waals surface area (Å²) in [5.41, 5.74) is 0.292. The molecule has 8 heteroatoms. The quantitative estimate of drug-likeness (QED) is 0.600. The van der Waals surface area contributed by atoms with Crippen molar-refractivity contribution < 1.29 is 28.8 Å². The van der Waals surface area contributed by atoms with Gasteiger partial charge in [0.2, 0.25) is 0 Å². The number of halogens is 1. The molecule has 3 atom stereocenters. The highest BCUT2D eigenvalue weighted by Crippen LogP contribution is 2.31. The third kappa shape index (κ3) is 4.16. The minimum absolute atomic E-state index is 0.206. The number of ketones is 1. The number of hydrogen-bond donors (Lipinski definition) is 1. The Hall–Kier alpha value is -1.70. The molecule has 1 saturated heterocycles. The van der Waals surface area contributed by atoms with Gasteiger partial charge in [0.1, 0.15) is 6.04 Å². The fourth-order valence-electron chi connectivity index (χ4n) is 3.38. The molecule has 1 aliphatic rings. The Balaban J connectivity index is 2.30. The molecular formula is C18H21ClNO5S+. The van der Waals surface area contributed by atoms with E-state index >= 15 is 0 Å². The van der Waals surface area contributed by atoms with Gasteiger partial charge in [0.15, 0.2) is 10.9 Å². The number of hydrogen-bond acceptors (Lipinski definition) is 5. The van der Waals surface area contributed by atoms with Crippen LogP contribution >= 0.6 is 23.4 Å². The van der Waals surface area contributed by atoms with Crippen LogP contribution < -0.4 is 0 Å². The van der Waals surface area contributed by atoms with Gasteiger partial charge in [0.25, 0.3) is 0 Å². The van der Waals surface area contributed by atoms with Crippen LogP contribution in [0, 0.1) is 0 Å². The molecule has 0 aromatic heterocycles. The summed E-state index contributed by atoms with van der Waals surface area (Å²) in [5, 5.41) is 8.76. The van der Waals surface area contributed by atoms with Crippen molar-refractivity contribution in [2.75, 3.05) is 6.54 Å². The molecule has 2 unspecified atom stereocenters. The standard InChI is InChI=1S/C18H20ClNO5S/c1-11-5-4-8-20(11,18(24)25)16(22)10-15(26-12(2)21)17(23)13-6-3-7-14(19)9-13/h3,6-7,9,11,15H,4-5,8,10H2,1-2H3/p+1/t11-,15?,20?/m1/s1. The first-order valence-corrected chi connectivity index (χ1v) is 9.56. The lowest BCUT2D eigenvalue weighted by Gasteiger charge is -2.30. The van der Waals surface area contributed by atoms with Crippen molar-refractivity contribution in [3.05, 3.63) is 34.9 Å². The fourth-order valence-corrected chi connectivity index (χ4v) is 4.44. The Morgan fingerprint density at radius 1 is 1.35 bits per heavy atom. The van der Waals surface area contributed by atoms with E-state index in [2.05, 4.69) is 0 Å². The molecule has 2 rings (SSSR count). The molecule has 0 bridgehead atoms. The number of carbonyl (C=O) groups is 4. The van der Waals surface area contributed by atoms with Crippen LogP contribution in [0.5, 0.6) is 0 Å². The largest absolute Gasteiger partial charge is 0.521 e. The summed E-state index contributed by atoms with van der Waals surface area (Å²) in [6, 6.07) is 5.91. The third-order valence-electron chi connectivity index (χ3n) is 4.74. The molecule has 0 radical (unpaired) electrons. The van der Waals surface area contributed by atoms with E-state index in [9.17, 15) is 24.3 Å². The van der Waals surface area contributed by atoms with Crippen molar-refractivity contribution in [2.24, 2.45) is 0 Å². The Labute approximate surface area is 161 Å². The Morgan fingerprint density at radius 3 is 2.54 bits per heavy atom. The maximum atomic E-state index is 12.9. The van der Waals surface area contributed by atoms with Crippen LogP contribution in [0.4, 0.5) is 4.79 Å². The van der Waals surface area contributed by atoms with Gasteiger partial charge in [-0.3, -0.25) is 9.59 Å². The van der Waals surface area contributed by atoms with Crippen LogP contribution in [-0.4, -0.2) is 50.3 Å². The molecule has 1 heterocycles. The average molecular weight is 399 g/mol. The predicted molar refractivity (Wildman–Crippen MR) is 99.3 cm³/mol. The van der Waals surface area contributed by atoms with Gasteiger partial charge in [0, 0.05) is 30.4 Å². The van der Waals surface area contributed by atoms with E-state index in [1.54, 1.807) is 25.1 Å². The van der Waals surface area contributed by atoms with Crippen LogP contribution in [0.2, 0.25) is 5.02 Å². The molecule has 1 aromatic rings. The zero-order valence-corrected chi connectivity index (χ0v) is 16.2. The fraction of sp³-hybridized carbons (Fsp3) is 0.444. The van der Waals surface area contributed by atoms with Gasteiger partial charge in [0.05, 0.1) is 18.2 Å². The summed E-state index contributed by atoms with van der Waals surface area (Å²) < 4.78 is -0.683. The topological polar surface area (TPSA) is 88.5 Å². The average Bonchev–Trinajstić information content (AvgIpc) is 2.95. The second-order valence-corrected chi connectivity index (χ2v) is 8.25. The number of quaternary nitrogens is 1. The van der Waals surface area contributed by atoms with Gasteiger partial charge >= 0.3 is 12.0 Å². The van der Waals surface area contributed by atoms with Gasteiger partial charge in [-0.25, -0.2) is 4.79 Å². The second-order valence-electron chi connectivity index (χ2n) is 6.44. The zero-order chi connectivity index (χ0) is 19.5. The summed E-state index contributed by atoms with van der Waals surface area (Å²) >= 11 is 6.67. The molecule has 1 aliphatic heterocycles. The molecule has 26 heavy (non-hydrogen) atoms. The van der Waals surface area contributed by atoms with Crippen molar-refractivity contribution >= 4 is 46.3 Å². The minimum atomic E-state index is -1.21. The van der Waals surface area contributed by atoms with Crippen LogP contribution in [0.3, 0.4) is 0 Å². The Bertz CT molecular complexity index is 753. The lowest BCUT2D eigenvalue weighted by Crippen LogP contribution is -2.59. The normalized spacial score (nSPS) is 23.4. The Morgan fingerprint density at radius 2 is 2.04 bits per heavy atom. The molecule has 1 N–H and O–H groups in total. The van der Waals surface area contributed by atoms with E-state index < -0.39 is 27.5 Å². The molecule has 140 valence electrons. The lowest BCUT2D eigenvalue weighted by molar-refractivity contribution is -0.792. The highest BCUT2D eigenvalue weighted by Gasteiger charge is 2.53. The van der Waals surface area contributed by atoms with E-state index in [0.717, 1.165) is 11.8 Å². The van der Waals surface area contributed by atoms with Crippen LogP contribution in [0.25, 0.3) is 0 Å². The van der Waals surface area contributed by atoms with E-state index in [1.165, 1.54) is 13.0 Å². The van der Waals surface area contributed by atoms with Gasteiger partial charge < -0.3 is 5.11 Å². The maximum absolute atomic E-state index is 12.9. The number of carbonyl (C=O) groups excluding carboxylic acids is 3. The monoisotopic (exact) mass is 398 g/mol.